The third-order valence-corrected chi connectivity index (χ3v) is 9.36. The number of rotatable bonds is 0. The minimum atomic E-state index is -0.346. The molecule has 3 heteroatoms. The van der Waals surface area contributed by atoms with Crippen LogP contribution in [0, 0.1) is 23.7 Å². The number of piperidine rings is 2. The molecule has 198 valence electrons. The first-order valence-electron chi connectivity index (χ1n) is 15.4. The Morgan fingerprint density at radius 1 is 0.571 bits per heavy atom. The van der Waals surface area contributed by atoms with Gasteiger partial charge in [0, 0.05) is 32.7 Å². The van der Waals surface area contributed by atoms with Crippen molar-refractivity contribution in [1.29, 1.82) is 0 Å². The molecule has 35 heavy (non-hydrogen) atoms. The highest BCUT2D eigenvalue weighted by Gasteiger charge is 2.38. The fraction of sp³-hybridized carbons (Fsp3) is 0.812. The second-order valence-corrected chi connectivity index (χ2v) is 12.2. The molecule has 0 spiro atoms. The standard InChI is InChI=1S/C32H54N2O/c35-31-19-15-11-7-2-1-6-10-14-18-29-25-33-21-16-12-8-4-3-5-9-13-17-28-23-30(32(29)20-22-33)26-34(24-28)27-31/h7-8,11-12,15,19,28-32,35H,1-6,9-10,13-14,16-18,20-27H2/b11-7-,12-8-,19-15-/t28-,29-,30+,31?,32+/m1/s1. The fourth-order valence-corrected chi connectivity index (χ4v) is 7.53. The predicted molar refractivity (Wildman–Crippen MR) is 150 cm³/mol. The monoisotopic (exact) mass is 482 g/mol. The summed E-state index contributed by atoms with van der Waals surface area (Å²) in [4.78, 5) is 5.45. The summed E-state index contributed by atoms with van der Waals surface area (Å²) in [6.45, 7) is 7.10. The van der Waals surface area contributed by atoms with Crippen molar-refractivity contribution < 1.29 is 5.11 Å². The van der Waals surface area contributed by atoms with Crippen molar-refractivity contribution in [2.45, 2.75) is 102 Å². The summed E-state index contributed by atoms with van der Waals surface area (Å²) in [5.41, 5.74) is 0. The lowest BCUT2D eigenvalue weighted by atomic mass is 9.69. The van der Waals surface area contributed by atoms with E-state index in [1.54, 1.807) is 0 Å². The molecule has 7 atom stereocenters. The first-order chi connectivity index (χ1) is 17.3. The van der Waals surface area contributed by atoms with Gasteiger partial charge in [0.15, 0.2) is 0 Å². The Morgan fingerprint density at radius 3 is 2.20 bits per heavy atom. The molecule has 0 aliphatic carbocycles. The van der Waals surface area contributed by atoms with E-state index in [0.717, 1.165) is 30.2 Å². The summed E-state index contributed by atoms with van der Waals surface area (Å²) in [5.74, 6) is 3.40. The van der Waals surface area contributed by atoms with Crippen LogP contribution in [-0.2, 0) is 0 Å². The molecule has 0 aromatic heterocycles. The van der Waals surface area contributed by atoms with E-state index < -0.39 is 0 Å². The molecule has 0 radical (unpaired) electrons. The number of nitrogens with zero attached hydrogens (tertiary/aromatic N) is 2. The van der Waals surface area contributed by atoms with E-state index >= 15 is 0 Å². The number of aliphatic hydroxyl groups excluding tert-OH is 1. The maximum Gasteiger partial charge on any atom is 0.0850 e. The smallest absolute Gasteiger partial charge is 0.0850 e. The van der Waals surface area contributed by atoms with Crippen molar-refractivity contribution in [3.63, 3.8) is 0 Å². The molecular weight excluding hydrogens is 428 g/mol. The Labute approximate surface area is 216 Å². The molecule has 5 aliphatic heterocycles. The van der Waals surface area contributed by atoms with Crippen LogP contribution < -0.4 is 0 Å². The van der Waals surface area contributed by atoms with Crippen molar-refractivity contribution in [2.75, 3.05) is 39.3 Å². The quantitative estimate of drug-likeness (QED) is 0.377. The van der Waals surface area contributed by atoms with Gasteiger partial charge in [-0.2, -0.15) is 0 Å². The predicted octanol–water partition coefficient (Wildman–Crippen LogP) is 6.99. The van der Waals surface area contributed by atoms with Crippen LogP contribution in [-0.4, -0.2) is 60.3 Å². The summed E-state index contributed by atoms with van der Waals surface area (Å²) in [6, 6.07) is 0. The molecule has 2 saturated heterocycles. The van der Waals surface area contributed by atoms with Gasteiger partial charge < -0.3 is 10.0 Å². The van der Waals surface area contributed by atoms with Crippen LogP contribution in [0.3, 0.4) is 0 Å². The first-order valence-corrected chi connectivity index (χ1v) is 15.4. The van der Waals surface area contributed by atoms with Crippen molar-refractivity contribution in [1.82, 2.24) is 9.80 Å². The summed E-state index contributed by atoms with van der Waals surface area (Å²) >= 11 is 0. The minimum absolute atomic E-state index is 0.346. The number of hydrogen-bond donors (Lipinski definition) is 1. The van der Waals surface area contributed by atoms with E-state index in [1.807, 2.05) is 6.08 Å². The van der Waals surface area contributed by atoms with Crippen molar-refractivity contribution in [2.24, 2.45) is 23.7 Å². The van der Waals surface area contributed by atoms with Gasteiger partial charge >= 0.3 is 0 Å². The second-order valence-electron chi connectivity index (χ2n) is 12.2. The Balaban J connectivity index is 1.51. The van der Waals surface area contributed by atoms with Crippen LogP contribution in [0.5, 0.6) is 0 Å². The third-order valence-electron chi connectivity index (χ3n) is 9.36. The summed E-state index contributed by atoms with van der Waals surface area (Å²) in [6.07, 6.45) is 33.4. The molecule has 3 nitrogen and oxygen atoms in total. The zero-order chi connectivity index (χ0) is 24.1. The van der Waals surface area contributed by atoms with Gasteiger partial charge in [-0.3, -0.25) is 4.90 Å². The van der Waals surface area contributed by atoms with Crippen LogP contribution in [0.1, 0.15) is 96.3 Å². The lowest BCUT2D eigenvalue weighted by molar-refractivity contribution is 0.00963. The van der Waals surface area contributed by atoms with Crippen LogP contribution >= 0.6 is 0 Å². The zero-order valence-corrected chi connectivity index (χ0v) is 22.5. The minimum Gasteiger partial charge on any atom is -0.388 e. The highest BCUT2D eigenvalue weighted by molar-refractivity contribution is 5.05. The SMILES string of the molecule is OC1/C=C\C=C/CCCCCC[C@@H]2CN3CC/C=C\CCCCCC[C@@H]4C[C@@H](CN(C1)C4)[C@H]2CC3. The van der Waals surface area contributed by atoms with E-state index in [1.165, 1.54) is 129 Å². The van der Waals surface area contributed by atoms with Gasteiger partial charge in [-0.1, -0.05) is 75.0 Å². The van der Waals surface area contributed by atoms with Crippen molar-refractivity contribution in [3.8, 4) is 0 Å². The zero-order valence-electron chi connectivity index (χ0n) is 22.5. The first kappa shape index (κ1) is 27.1. The van der Waals surface area contributed by atoms with E-state index in [2.05, 4.69) is 40.2 Å². The van der Waals surface area contributed by atoms with Gasteiger partial charge in [0.2, 0.25) is 0 Å². The molecule has 0 saturated carbocycles. The highest BCUT2D eigenvalue weighted by Crippen LogP contribution is 2.40. The fourth-order valence-electron chi connectivity index (χ4n) is 7.53. The van der Waals surface area contributed by atoms with Gasteiger partial charge in [0.1, 0.15) is 0 Å². The summed E-state index contributed by atoms with van der Waals surface area (Å²) in [5, 5.41) is 10.8. The molecule has 0 aromatic rings. The van der Waals surface area contributed by atoms with Gasteiger partial charge in [0.25, 0.3) is 0 Å². The topological polar surface area (TPSA) is 26.7 Å². The summed E-state index contributed by atoms with van der Waals surface area (Å²) in [7, 11) is 0. The van der Waals surface area contributed by atoms with Gasteiger partial charge in [-0.25, -0.2) is 0 Å². The van der Waals surface area contributed by atoms with Crippen LogP contribution in [0.4, 0.5) is 0 Å². The molecule has 5 aliphatic rings. The molecule has 2 fully saturated rings. The average Bonchev–Trinajstić information content (AvgIpc) is 2.85. The molecule has 6 bridgehead atoms. The molecule has 3 unspecified atom stereocenters. The van der Waals surface area contributed by atoms with E-state index in [-0.39, 0.29) is 6.10 Å². The van der Waals surface area contributed by atoms with Crippen LogP contribution in [0.15, 0.2) is 36.5 Å². The average molecular weight is 483 g/mol. The van der Waals surface area contributed by atoms with E-state index in [4.69, 9.17) is 0 Å². The van der Waals surface area contributed by atoms with Gasteiger partial charge in [-0.15, -0.1) is 0 Å². The molecule has 5 rings (SSSR count). The Morgan fingerprint density at radius 2 is 1.31 bits per heavy atom. The van der Waals surface area contributed by atoms with Gasteiger partial charge in [0.05, 0.1) is 6.10 Å². The molecular formula is C32H54N2O. The van der Waals surface area contributed by atoms with Crippen molar-refractivity contribution >= 4 is 0 Å². The maximum atomic E-state index is 10.8. The second kappa shape index (κ2) is 15.4. The highest BCUT2D eigenvalue weighted by atomic mass is 16.3. The summed E-state index contributed by atoms with van der Waals surface area (Å²) < 4.78 is 0. The maximum absolute atomic E-state index is 10.8. The third kappa shape index (κ3) is 9.48. The van der Waals surface area contributed by atoms with Crippen LogP contribution in [0.25, 0.3) is 0 Å². The van der Waals surface area contributed by atoms with E-state index in [0.29, 0.717) is 0 Å². The number of allylic oxidation sites excluding steroid dienone is 4. The molecule has 1 N–H and O–H groups in total. The Kier molecular flexibility index (Phi) is 11.9. The number of fused-ring (bicyclic) bond motifs is 10. The normalized spacial score (nSPS) is 41.6. The number of aliphatic hydroxyl groups is 1. The van der Waals surface area contributed by atoms with Gasteiger partial charge in [-0.05, 0) is 88.0 Å². The van der Waals surface area contributed by atoms with E-state index in [9.17, 15) is 5.11 Å². The number of hydrogen-bond acceptors (Lipinski definition) is 3. The molecule has 0 aromatic carbocycles. The lowest BCUT2D eigenvalue weighted by Gasteiger charge is -2.47. The van der Waals surface area contributed by atoms with Crippen LogP contribution in [0.2, 0.25) is 0 Å². The molecule has 0 amide bonds. The molecule has 5 heterocycles. The Bertz CT molecular complexity index is 670. The Hall–Kier alpha value is -0.900. The largest absolute Gasteiger partial charge is 0.388 e. The van der Waals surface area contributed by atoms with Crippen molar-refractivity contribution in [3.05, 3.63) is 36.5 Å². The lowest BCUT2D eigenvalue weighted by Crippen LogP contribution is -2.50.